The molecule has 0 radical (unpaired) electrons. The number of thiazole rings is 1. The lowest BCUT2D eigenvalue weighted by atomic mass is 9.86. The minimum absolute atomic E-state index is 0.107. The molecule has 1 heterocycles. The Labute approximate surface area is 179 Å². The Balaban J connectivity index is 1.59. The number of aromatic nitrogens is 1. The van der Waals surface area contributed by atoms with Crippen LogP contribution < -0.4 is 10.0 Å². The number of amides is 1. The zero-order valence-corrected chi connectivity index (χ0v) is 18.5. The Morgan fingerprint density at radius 3 is 2.77 bits per heavy atom. The molecule has 164 valence electrons. The van der Waals surface area contributed by atoms with Gasteiger partial charge >= 0.3 is 10.3 Å². The van der Waals surface area contributed by atoms with Gasteiger partial charge in [0.25, 0.3) is 5.91 Å². The van der Waals surface area contributed by atoms with E-state index in [-0.39, 0.29) is 18.3 Å². The third kappa shape index (κ3) is 6.29. The molecule has 0 spiro atoms. The molecule has 2 aromatic rings. The van der Waals surface area contributed by atoms with Crippen molar-refractivity contribution in [2.24, 2.45) is 0 Å². The van der Waals surface area contributed by atoms with Crippen molar-refractivity contribution in [1.29, 1.82) is 0 Å². The van der Waals surface area contributed by atoms with Crippen molar-refractivity contribution in [2.45, 2.75) is 25.2 Å². The maximum absolute atomic E-state index is 13.2. The molecule has 0 aliphatic heterocycles. The van der Waals surface area contributed by atoms with Gasteiger partial charge in [0.2, 0.25) is 0 Å². The SMILES string of the molecule is CN(C)CCNS(=O)(=O)OCC(=O)Nc1nc2c(s1)[C@@H](c1ccc(F)cc1)CCC2. The number of halogens is 1. The van der Waals surface area contributed by atoms with Gasteiger partial charge in [-0.25, -0.2) is 13.6 Å². The predicted molar refractivity (Wildman–Crippen MR) is 113 cm³/mol. The van der Waals surface area contributed by atoms with Crippen LogP contribution in [0.25, 0.3) is 0 Å². The molecule has 0 unspecified atom stereocenters. The van der Waals surface area contributed by atoms with Crippen LogP contribution in [0.15, 0.2) is 24.3 Å². The molecule has 1 aromatic carbocycles. The van der Waals surface area contributed by atoms with Gasteiger partial charge in [-0.1, -0.05) is 12.1 Å². The van der Waals surface area contributed by atoms with Crippen LogP contribution in [0.1, 0.15) is 34.9 Å². The molecule has 2 N–H and O–H groups in total. The molecule has 0 fully saturated rings. The van der Waals surface area contributed by atoms with Crippen LogP contribution in [-0.4, -0.2) is 58.0 Å². The highest BCUT2D eigenvalue weighted by Crippen LogP contribution is 2.41. The van der Waals surface area contributed by atoms with Crippen LogP contribution in [-0.2, 0) is 25.7 Å². The van der Waals surface area contributed by atoms with E-state index >= 15 is 0 Å². The van der Waals surface area contributed by atoms with Gasteiger partial charge in [-0.15, -0.1) is 11.3 Å². The van der Waals surface area contributed by atoms with Gasteiger partial charge in [-0.2, -0.15) is 13.1 Å². The quantitative estimate of drug-likeness (QED) is 0.599. The maximum Gasteiger partial charge on any atom is 0.336 e. The third-order valence-electron chi connectivity index (χ3n) is 4.65. The molecule has 8 nitrogen and oxygen atoms in total. The van der Waals surface area contributed by atoms with Gasteiger partial charge < -0.3 is 4.90 Å². The van der Waals surface area contributed by atoms with E-state index in [1.807, 2.05) is 19.0 Å². The van der Waals surface area contributed by atoms with Gasteiger partial charge in [0, 0.05) is 23.9 Å². The second-order valence-electron chi connectivity index (χ2n) is 7.29. The number of anilines is 1. The van der Waals surface area contributed by atoms with Crippen molar-refractivity contribution in [2.75, 3.05) is 39.1 Å². The summed E-state index contributed by atoms with van der Waals surface area (Å²) in [6.45, 7) is 0.0541. The fraction of sp³-hybridized carbons (Fsp3) is 0.474. The molecule has 1 aromatic heterocycles. The molecule has 0 saturated carbocycles. The van der Waals surface area contributed by atoms with E-state index in [1.54, 1.807) is 12.1 Å². The Morgan fingerprint density at radius 2 is 2.07 bits per heavy atom. The summed E-state index contributed by atoms with van der Waals surface area (Å²) in [6.07, 6.45) is 2.68. The zero-order valence-electron chi connectivity index (χ0n) is 16.9. The second kappa shape index (κ2) is 9.92. The Hall–Kier alpha value is -1.92. The van der Waals surface area contributed by atoms with Crippen molar-refractivity contribution in [1.82, 2.24) is 14.6 Å². The molecule has 1 aliphatic carbocycles. The van der Waals surface area contributed by atoms with Crippen LogP contribution in [0.3, 0.4) is 0 Å². The molecular weight excluding hydrogens is 431 g/mol. The van der Waals surface area contributed by atoms with Gasteiger partial charge in [0.05, 0.1) is 5.69 Å². The number of aryl methyl sites for hydroxylation is 1. The van der Waals surface area contributed by atoms with E-state index in [0.717, 1.165) is 35.4 Å². The Kier molecular flexibility index (Phi) is 7.53. The molecule has 0 saturated heterocycles. The molecule has 1 aliphatic rings. The summed E-state index contributed by atoms with van der Waals surface area (Å²) in [7, 11) is -0.368. The zero-order chi connectivity index (χ0) is 21.7. The minimum atomic E-state index is -4.00. The normalized spacial score (nSPS) is 16.5. The molecule has 30 heavy (non-hydrogen) atoms. The number of hydrogen-bond donors (Lipinski definition) is 2. The van der Waals surface area contributed by atoms with Gasteiger partial charge in [0.1, 0.15) is 12.4 Å². The summed E-state index contributed by atoms with van der Waals surface area (Å²) < 4.78 is 43.8. The number of carbonyl (C=O) groups excluding carboxylic acids is 1. The van der Waals surface area contributed by atoms with Gasteiger partial charge in [-0.05, 0) is 51.1 Å². The number of carbonyl (C=O) groups is 1. The van der Waals surface area contributed by atoms with Crippen LogP contribution in [0.2, 0.25) is 0 Å². The Bertz CT molecular complexity index is 977. The van der Waals surface area contributed by atoms with E-state index in [4.69, 9.17) is 4.18 Å². The lowest BCUT2D eigenvalue weighted by Gasteiger charge is -2.21. The summed E-state index contributed by atoms with van der Waals surface area (Å²) in [5.74, 6) is -0.773. The highest BCUT2D eigenvalue weighted by Gasteiger charge is 2.26. The number of hydrogen-bond acceptors (Lipinski definition) is 7. The van der Waals surface area contributed by atoms with Crippen LogP contribution in [0.5, 0.6) is 0 Å². The molecule has 1 atom stereocenters. The van der Waals surface area contributed by atoms with Crippen LogP contribution in [0.4, 0.5) is 9.52 Å². The van der Waals surface area contributed by atoms with Crippen molar-refractivity contribution in [3.63, 3.8) is 0 Å². The van der Waals surface area contributed by atoms with E-state index in [1.165, 1.54) is 23.5 Å². The number of benzene rings is 1. The first-order valence-corrected chi connectivity index (χ1v) is 11.8. The average Bonchev–Trinajstić information content (AvgIpc) is 3.09. The first kappa shape index (κ1) is 22.8. The number of rotatable bonds is 9. The number of nitrogens with zero attached hydrogens (tertiary/aromatic N) is 2. The highest BCUT2D eigenvalue weighted by molar-refractivity contribution is 7.84. The maximum atomic E-state index is 13.2. The molecule has 1 amide bonds. The Morgan fingerprint density at radius 1 is 1.33 bits per heavy atom. The number of fused-ring (bicyclic) bond motifs is 1. The van der Waals surface area contributed by atoms with E-state index in [0.29, 0.717) is 11.7 Å². The monoisotopic (exact) mass is 456 g/mol. The molecule has 0 bridgehead atoms. The summed E-state index contributed by atoms with van der Waals surface area (Å²) in [5, 5.41) is 3.01. The summed E-state index contributed by atoms with van der Waals surface area (Å²) in [5.41, 5.74) is 1.92. The van der Waals surface area contributed by atoms with Crippen LogP contribution >= 0.6 is 11.3 Å². The van der Waals surface area contributed by atoms with E-state index in [2.05, 4.69) is 15.0 Å². The topological polar surface area (TPSA) is 101 Å². The van der Waals surface area contributed by atoms with Gasteiger partial charge in [0.15, 0.2) is 5.13 Å². The smallest absolute Gasteiger partial charge is 0.308 e. The first-order valence-electron chi connectivity index (χ1n) is 9.57. The summed E-state index contributed by atoms with van der Waals surface area (Å²) in [4.78, 5) is 19.5. The van der Waals surface area contributed by atoms with Crippen molar-refractivity contribution < 1.29 is 21.8 Å². The highest BCUT2D eigenvalue weighted by atomic mass is 32.2. The number of likely N-dealkylation sites (N-methyl/N-ethyl adjacent to an activating group) is 1. The molecule has 11 heteroatoms. The largest absolute Gasteiger partial charge is 0.336 e. The van der Waals surface area contributed by atoms with Crippen molar-refractivity contribution in [3.8, 4) is 0 Å². The fourth-order valence-electron chi connectivity index (χ4n) is 3.21. The van der Waals surface area contributed by atoms with E-state index < -0.39 is 22.8 Å². The summed E-state index contributed by atoms with van der Waals surface area (Å²) in [6, 6.07) is 6.43. The minimum Gasteiger partial charge on any atom is -0.308 e. The molecular formula is C19H25FN4O4S2. The standard InChI is InChI=1S/C19H25FN4O4S2/c1-24(2)11-10-21-30(26,27)28-12-17(25)23-19-22-16-5-3-4-15(18(16)29-19)13-6-8-14(20)9-7-13/h6-9,15,21H,3-5,10-12H2,1-2H3,(H,22,23,25)/t15-/m1/s1. The van der Waals surface area contributed by atoms with Crippen molar-refractivity contribution in [3.05, 3.63) is 46.2 Å². The van der Waals surface area contributed by atoms with Crippen molar-refractivity contribution >= 4 is 32.7 Å². The lowest BCUT2D eigenvalue weighted by molar-refractivity contribution is -0.118. The lowest BCUT2D eigenvalue weighted by Crippen LogP contribution is -2.34. The number of nitrogens with one attached hydrogen (secondary N) is 2. The fourth-order valence-corrected chi connectivity index (χ4v) is 5.09. The predicted octanol–water partition coefficient (Wildman–Crippen LogP) is 2.10. The molecule has 3 rings (SSSR count). The average molecular weight is 457 g/mol. The van der Waals surface area contributed by atoms with E-state index in [9.17, 15) is 17.6 Å². The third-order valence-corrected chi connectivity index (χ3v) is 6.76. The van der Waals surface area contributed by atoms with Gasteiger partial charge in [-0.3, -0.25) is 10.1 Å². The van der Waals surface area contributed by atoms with Crippen LogP contribution in [0, 0.1) is 5.82 Å². The first-order chi connectivity index (χ1) is 14.2. The second-order valence-corrected chi connectivity index (χ2v) is 9.75. The summed E-state index contributed by atoms with van der Waals surface area (Å²) >= 11 is 1.36.